The highest BCUT2D eigenvalue weighted by molar-refractivity contribution is 5.87. The van der Waals surface area contributed by atoms with Gasteiger partial charge >= 0.3 is 11.9 Å². The molecule has 0 fully saturated rings. The van der Waals surface area contributed by atoms with E-state index in [9.17, 15) is 19.8 Å². The zero-order valence-electron chi connectivity index (χ0n) is 26.4. The van der Waals surface area contributed by atoms with Crippen molar-refractivity contribution in [3.8, 4) is 0 Å². The van der Waals surface area contributed by atoms with E-state index in [-0.39, 0.29) is 55.2 Å². The molecule has 0 aliphatic carbocycles. The molecule has 43 heavy (non-hydrogen) atoms. The Balaban J connectivity index is 1.84. The number of benzene rings is 2. The Kier molecular flexibility index (Phi) is 14.3. The fraction of sp³-hybridized carbons (Fsp3) is 0.486. The summed E-state index contributed by atoms with van der Waals surface area (Å²) >= 11 is 0. The van der Waals surface area contributed by atoms with Gasteiger partial charge in [-0.3, -0.25) is 0 Å². The molecule has 0 amide bonds. The minimum atomic E-state index is -0.894. The number of hydrogen-bond donors (Lipinski definition) is 2. The van der Waals surface area contributed by atoms with E-state index in [1.807, 2.05) is 13.8 Å². The van der Waals surface area contributed by atoms with Gasteiger partial charge < -0.3 is 29.2 Å². The summed E-state index contributed by atoms with van der Waals surface area (Å²) in [6, 6.07) is 16.9. The Morgan fingerprint density at radius 2 is 1.00 bits per heavy atom. The van der Waals surface area contributed by atoms with Crippen molar-refractivity contribution in [2.24, 2.45) is 0 Å². The summed E-state index contributed by atoms with van der Waals surface area (Å²) in [5.74, 6) is -1.05. The molecule has 2 aromatic carbocycles. The summed E-state index contributed by atoms with van der Waals surface area (Å²) in [4.78, 5) is 22.9. The van der Waals surface area contributed by atoms with Crippen LogP contribution in [0.1, 0.15) is 63.8 Å². The maximum absolute atomic E-state index is 11.5. The summed E-state index contributed by atoms with van der Waals surface area (Å²) in [5, 5.41) is 20.0. The molecular weight excluding hydrogens is 548 g/mol. The predicted molar refractivity (Wildman–Crippen MR) is 167 cm³/mol. The van der Waals surface area contributed by atoms with Gasteiger partial charge in [-0.2, -0.15) is 0 Å². The molecule has 0 heterocycles. The summed E-state index contributed by atoms with van der Waals surface area (Å²) in [7, 11) is 0. The fourth-order valence-electron chi connectivity index (χ4n) is 4.30. The van der Waals surface area contributed by atoms with E-state index >= 15 is 0 Å². The normalized spacial score (nSPS) is 14.3. The van der Waals surface area contributed by atoms with E-state index in [1.54, 1.807) is 13.8 Å². The topological polar surface area (TPSA) is 112 Å². The number of ether oxygens (including phenoxy) is 4. The van der Waals surface area contributed by atoms with Crippen LogP contribution in [0.3, 0.4) is 0 Å². The molecule has 0 aromatic heterocycles. The van der Waals surface area contributed by atoms with Crippen LogP contribution in [0.4, 0.5) is 0 Å². The third-order valence-corrected chi connectivity index (χ3v) is 7.05. The smallest absolute Gasteiger partial charge is 0.333 e. The van der Waals surface area contributed by atoms with Crippen LogP contribution >= 0.6 is 0 Å². The number of rotatable bonds is 18. The second-order valence-corrected chi connectivity index (χ2v) is 11.8. The van der Waals surface area contributed by atoms with Crippen molar-refractivity contribution in [3.05, 3.63) is 95.1 Å². The van der Waals surface area contributed by atoms with Gasteiger partial charge in [0.1, 0.15) is 25.4 Å². The molecule has 236 valence electrons. The van der Waals surface area contributed by atoms with E-state index in [0.717, 1.165) is 11.1 Å². The largest absolute Gasteiger partial charge is 0.460 e. The number of esters is 2. The molecule has 8 heteroatoms. The van der Waals surface area contributed by atoms with Crippen molar-refractivity contribution >= 4 is 11.9 Å². The molecule has 2 N–H and O–H groups in total. The molecule has 0 saturated heterocycles. The maximum atomic E-state index is 11.5. The first-order valence-corrected chi connectivity index (χ1v) is 14.6. The van der Waals surface area contributed by atoms with Gasteiger partial charge in [-0.25, -0.2) is 9.59 Å². The fourth-order valence-corrected chi connectivity index (χ4v) is 4.30. The van der Waals surface area contributed by atoms with Crippen LogP contribution in [-0.2, 0) is 46.8 Å². The molecule has 8 nitrogen and oxygen atoms in total. The maximum Gasteiger partial charge on any atom is 0.333 e. The van der Waals surface area contributed by atoms with Gasteiger partial charge in [0, 0.05) is 16.6 Å². The highest BCUT2D eigenvalue weighted by atomic mass is 16.6. The zero-order chi connectivity index (χ0) is 32.2. The van der Waals surface area contributed by atoms with Crippen molar-refractivity contribution in [3.63, 3.8) is 0 Å². The lowest BCUT2D eigenvalue weighted by Gasteiger charge is -2.27. The number of aliphatic hydroxyl groups is 2. The van der Waals surface area contributed by atoms with Crippen molar-refractivity contribution in [1.82, 2.24) is 0 Å². The number of hydrogen-bond acceptors (Lipinski definition) is 8. The van der Waals surface area contributed by atoms with Crippen molar-refractivity contribution in [2.75, 3.05) is 26.4 Å². The number of carbonyl (C=O) groups excluding carboxylic acids is 2. The molecular formula is C35H48O8. The third kappa shape index (κ3) is 12.5. The predicted octanol–water partition coefficient (Wildman–Crippen LogP) is 4.87. The number of aliphatic hydroxyl groups excluding tert-OH is 2. The van der Waals surface area contributed by atoms with Crippen molar-refractivity contribution in [1.29, 1.82) is 0 Å². The summed E-state index contributed by atoms with van der Waals surface area (Å²) in [5.41, 5.74) is 4.99. The first-order valence-electron chi connectivity index (χ1n) is 14.6. The van der Waals surface area contributed by atoms with Crippen LogP contribution in [0.5, 0.6) is 0 Å². The van der Waals surface area contributed by atoms with E-state index in [2.05, 4.69) is 75.5 Å². The van der Waals surface area contributed by atoms with Crippen molar-refractivity contribution in [2.45, 2.75) is 84.2 Å². The Labute approximate surface area is 256 Å². The summed E-state index contributed by atoms with van der Waals surface area (Å²) in [6.45, 7) is 18.3. The lowest BCUT2D eigenvalue weighted by atomic mass is 9.77. The summed E-state index contributed by atoms with van der Waals surface area (Å²) in [6.07, 6.45) is -0.656. The van der Waals surface area contributed by atoms with Gasteiger partial charge in [-0.15, -0.1) is 0 Å². The molecule has 2 aromatic rings. The van der Waals surface area contributed by atoms with E-state index in [1.165, 1.54) is 11.1 Å². The molecule has 2 rings (SSSR count). The van der Waals surface area contributed by atoms with E-state index in [0.29, 0.717) is 12.8 Å². The first-order chi connectivity index (χ1) is 20.2. The van der Waals surface area contributed by atoms with Crippen LogP contribution in [0, 0.1) is 0 Å². The highest BCUT2D eigenvalue weighted by Crippen LogP contribution is 2.32. The molecule has 4 unspecified atom stereocenters. The lowest BCUT2D eigenvalue weighted by Crippen LogP contribution is -2.27. The van der Waals surface area contributed by atoms with E-state index < -0.39 is 24.1 Å². The third-order valence-electron chi connectivity index (χ3n) is 7.05. The molecule has 4 atom stereocenters. The lowest BCUT2D eigenvalue weighted by molar-refractivity contribution is -0.144. The van der Waals surface area contributed by atoms with Gasteiger partial charge in [0.25, 0.3) is 0 Å². The van der Waals surface area contributed by atoms with Crippen LogP contribution < -0.4 is 0 Å². The minimum Gasteiger partial charge on any atom is -0.460 e. The molecule has 0 bridgehead atoms. The van der Waals surface area contributed by atoms with Gasteiger partial charge in [0.2, 0.25) is 0 Å². The van der Waals surface area contributed by atoms with Crippen LogP contribution in [0.25, 0.3) is 0 Å². The van der Waals surface area contributed by atoms with Gasteiger partial charge in [-0.05, 0) is 62.8 Å². The van der Waals surface area contributed by atoms with Gasteiger partial charge in [-0.1, -0.05) is 75.5 Å². The molecule has 0 radical (unpaired) electrons. The number of carbonyl (C=O) groups is 2. The summed E-state index contributed by atoms with van der Waals surface area (Å²) < 4.78 is 21.4. The molecule has 0 spiro atoms. The van der Waals surface area contributed by atoms with Gasteiger partial charge in [0.15, 0.2) is 0 Å². The minimum absolute atomic E-state index is 0.0750. The van der Waals surface area contributed by atoms with Crippen molar-refractivity contribution < 1.29 is 38.7 Å². The Morgan fingerprint density at radius 3 is 1.30 bits per heavy atom. The zero-order valence-corrected chi connectivity index (χ0v) is 26.4. The molecule has 0 saturated carbocycles. The Hall–Kier alpha value is -3.30. The molecule has 0 aliphatic rings. The van der Waals surface area contributed by atoms with Crippen LogP contribution in [-0.4, -0.2) is 73.0 Å². The monoisotopic (exact) mass is 596 g/mol. The Morgan fingerprint density at radius 1 is 0.674 bits per heavy atom. The standard InChI is InChI=1S/C35H48O8/c1-23(2)33(38)42-21-31(36)19-40-25(5)17-27-9-13-29(14-10-27)35(7,8)30-15-11-28(12-16-30)18-26(6)41-20-32(37)22-43-34(39)24(3)4/h9-16,25-26,31-32,36-37H,1,3,17-22H2,2,4-8H3. The Bertz CT molecular complexity index is 1110. The van der Waals surface area contributed by atoms with Crippen LogP contribution in [0.2, 0.25) is 0 Å². The molecule has 0 aliphatic heterocycles. The average Bonchev–Trinajstić information content (AvgIpc) is 2.96. The second-order valence-electron chi connectivity index (χ2n) is 11.8. The van der Waals surface area contributed by atoms with E-state index in [4.69, 9.17) is 18.9 Å². The highest BCUT2D eigenvalue weighted by Gasteiger charge is 2.23. The first kappa shape index (κ1) is 35.9. The van der Waals surface area contributed by atoms with Crippen LogP contribution in [0.15, 0.2) is 72.8 Å². The average molecular weight is 597 g/mol. The SMILES string of the molecule is C=C(C)C(=O)OCC(O)COC(C)Cc1ccc(C(C)(C)c2ccc(CC(C)OCC(O)COC(=O)C(=C)C)cc2)cc1. The quantitative estimate of drug-likeness (QED) is 0.185. The van der Waals surface area contributed by atoms with Gasteiger partial charge in [0.05, 0.1) is 25.4 Å². The second kappa shape index (κ2) is 17.1.